The molecule has 3 aliphatic heterocycles. The second-order valence-electron chi connectivity index (χ2n) is 7.65. The topological polar surface area (TPSA) is 173 Å². The molecular formula is C18H20N2O12. The first-order valence-electron chi connectivity index (χ1n) is 9.72. The van der Waals surface area contributed by atoms with E-state index in [9.17, 15) is 28.8 Å². The highest BCUT2D eigenvalue weighted by molar-refractivity contribution is 6.00. The Morgan fingerprint density at radius 2 is 1.56 bits per heavy atom. The predicted molar refractivity (Wildman–Crippen MR) is 94.2 cm³/mol. The molecule has 4 fully saturated rings. The lowest BCUT2D eigenvalue weighted by Crippen LogP contribution is -2.77. The molecule has 3 amide bonds. The number of nitrogens with one attached hydrogen (secondary N) is 1. The monoisotopic (exact) mass is 456 g/mol. The van der Waals surface area contributed by atoms with E-state index in [4.69, 9.17) is 28.4 Å². The molecule has 0 radical (unpaired) electrons. The van der Waals surface area contributed by atoms with Crippen LogP contribution in [-0.4, -0.2) is 90.3 Å². The molecule has 8 atom stereocenters. The first kappa shape index (κ1) is 21.8. The summed E-state index contributed by atoms with van der Waals surface area (Å²) in [6, 6.07) is -1.87. The Morgan fingerprint density at radius 3 is 2.19 bits per heavy atom. The first-order valence-corrected chi connectivity index (χ1v) is 9.72. The fraction of sp³-hybridized carbons (Fsp3) is 0.667. The zero-order valence-electron chi connectivity index (χ0n) is 17.2. The zero-order valence-corrected chi connectivity index (χ0v) is 17.2. The van der Waals surface area contributed by atoms with Crippen molar-refractivity contribution in [3.05, 3.63) is 0 Å². The van der Waals surface area contributed by atoms with Gasteiger partial charge < -0.3 is 28.4 Å². The van der Waals surface area contributed by atoms with Crippen LogP contribution in [0.4, 0.5) is 9.59 Å². The number of carbonyl (C=O) groups excluding carboxylic acids is 6. The van der Waals surface area contributed by atoms with Crippen LogP contribution >= 0.6 is 0 Å². The summed E-state index contributed by atoms with van der Waals surface area (Å²) in [5.74, 6) is -3.74. The van der Waals surface area contributed by atoms with Crippen molar-refractivity contribution < 1.29 is 57.2 Å². The molecule has 4 aliphatic rings. The number of fused-ring (bicyclic) bond motifs is 4. The van der Waals surface area contributed by atoms with Gasteiger partial charge in [-0.3, -0.25) is 29.4 Å². The first-order chi connectivity index (χ1) is 15.1. The summed E-state index contributed by atoms with van der Waals surface area (Å²) in [5, 5.41) is 2.15. The van der Waals surface area contributed by atoms with Gasteiger partial charge in [0, 0.05) is 20.8 Å². The number of esters is 3. The fourth-order valence-electron chi connectivity index (χ4n) is 4.41. The van der Waals surface area contributed by atoms with E-state index in [0.717, 1.165) is 25.7 Å². The molecular weight excluding hydrogens is 436 g/mol. The van der Waals surface area contributed by atoms with Crippen LogP contribution in [0.15, 0.2) is 0 Å². The van der Waals surface area contributed by atoms with Gasteiger partial charge in [-0.25, -0.2) is 9.59 Å². The Kier molecular flexibility index (Phi) is 5.40. The lowest BCUT2D eigenvalue weighted by atomic mass is 9.71. The summed E-state index contributed by atoms with van der Waals surface area (Å²) in [4.78, 5) is 72.5. The Bertz CT molecular complexity index is 889. The van der Waals surface area contributed by atoms with E-state index >= 15 is 0 Å². The molecule has 14 nitrogen and oxygen atoms in total. The summed E-state index contributed by atoms with van der Waals surface area (Å²) in [6.07, 6.45) is -7.83. The van der Waals surface area contributed by atoms with E-state index in [1.54, 1.807) is 0 Å². The van der Waals surface area contributed by atoms with E-state index in [1.165, 1.54) is 0 Å². The summed E-state index contributed by atoms with van der Waals surface area (Å²) < 4.78 is 31.5. The number of rotatable bonds is 5. The number of imide groups is 1. The third kappa shape index (κ3) is 3.59. The lowest BCUT2D eigenvalue weighted by Gasteiger charge is -2.52. The van der Waals surface area contributed by atoms with Crippen LogP contribution in [0.3, 0.4) is 0 Å². The second kappa shape index (κ2) is 7.93. The van der Waals surface area contributed by atoms with Gasteiger partial charge in [-0.15, -0.1) is 0 Å². The van der Waals surface area contributed by atoms with Crippen molar-refractivity contribution in [1.82, 2.24) is 10.2 Å². The molecule has 3 heterocycles. The molecule has 0 aromatic heterocycles. The van der Waals surface area contributed by atoms with E-state index < -0.39 is 84.7 Å². The number of amides is 3. The number of carbonyl (C=O) groups is 6. The van der Waals surface area contributed by atoms with Gasteiger partial charge in [-0.1, -0.05) is 0 Å². The van der Waals surface area contributed by atoms with Crippen molar-refractivity contribution >= 4 is 36.0 Å². The van der Waals surface area contributed by atoms with E-state index in [1.807, 2.05) is 0 Å². The molecule has 174 valence electrons. The van der Waals surface area contributed by atoms with Gasteiger partial charge in [0.25, 0.3) is 0 Å². The van der Waals surface area contributed by atoms with Gasteiger partial charge in [0.2, 0.25) is 5.91 Å². The molecule has 32 heavy (non-hydrogen) atoms. The Balaban J connectivity index is 1.67. The van der Waals surface area contributed by atoms with E-state index in [0.29, 0.717) is 0 Å². The third-order valence-corrected chi connectivity index (χ3v) is 5.55. The van der Waals surface area contributed by atoms with Gasteiger partial charge in [-0.05, 0) is 0 Å². The maximum atomic E-state index is 12.8. The van der Waals surface area contributed by atoms with Crippen LogP contribution in [0, 0.1) is 5.92 Å². The average Bonchev–Trinajstić information content (AvgIpc) is 3.15. The molecule has 1 saturated carbocycles. The summed E-state index contributed by atoms with van der Waals surface area (Å²) >= 11 is 0. The maximum absolute atomic E-state index is 12.8. The molecule has 0 aromatic carbocycles. The van der Waals surface area contributed by atoms with Crippen LogP contribution in [0.5, 0.6) is 0 Å². The van der Waals surface area contributed by atoms with Crippen LogP contribution < -0.4 is 5.32 Å². The predicted octanol–water partition coefficient (Wildman–Crippen LogP) is -1.41. The molecule has 0 aromatic rings. The van der Waals surface area contributed by atoms with Gasteiger partial charge in [0.05, 0.1) is 6.04 Å². The van der Waals surface area contributed by atoms with Crippen molar-refractivity contribution in [3.63, 3.8) is 0 Å². The van der Waals surface area contributed by atoms with E-state index in [-0.39, 0.29) is 6.61 Å². The molecule has 0 bridgehead atoms. The fourth-order valence-corrected chi connectivity index (χ4v) is 4.41. The normalized spacial score (nSPS) is 37.2. The molecule has 14 heteroatoms. The van der Waals surface area contributed by atoms with Crippen molar-refractivity contribution in [2.24, 2.45) is 5.92 Å². The molecule has 4 rings (SSSR count). The summed E-state index contributed by atoms with van der Waals surface area (Å²) in [6.45, 7) is 3.02. The van der Waals surface area contributed by atoms with Crippen molar-refractivity contribution in [1.29, 1.82) is 0 Å². The van der Waals surface area contributed by atoms with Gasteiger partial charge in [0.1, 0.15) is 18.6 Å². The number of hydrogen-bond donors (Lipinski definition) is 1. The Hall–Kier alpha value is -3.42. The molecule has 3 saturated heterocycles. The minimum absolute atomic E-state index is 0.367. The van der Waals surface area contributed by atoms with Gasteiger partial charge >= 0.3 is 30.1 Å². The van der Waals surface area contributed by atoms with Crippen molar-refractivity contribution in [3.8, 4) is 0 Å². The molecule has 1 aliphatic carbocycles. The van der Waals surface area contributed by atoms with Gasteiger partial charge in [-0.2, -0.15) is 0 Å². The Labute approximate surface area is 180 Å². The van der Waals surface area contributed by atoms with Crippen LogP contribution in [0.2, 0.25) is 0 Å². The quantitative estimate of drug-likeness (QED) is 0.379. The smallest absolute Gasteiger partial charge is 0.463 e. The van der Waals surface area contributed by atoms with Crippen molar-refractivity contribution in [2.75, 3.05) is 6.61 Å². The highest BCUT2D eigenvalue weighted by Crippen LogP contribution is 2.46. The largest absolute Gasteiger partial charge is 0.509 e. The molecule has 0 spiro atoms. The zero-order chi connectivity index (χ0) is 23.3. The number of nitrogens with zero attached hydrogens (tertiary/aromatic N) is 1. The molecule has 4 unspecified atom stereocenters. The average molecular weight is 456 g/mol. The number of hydrogen-bond acceptors (Lipinski definition) is 12. The Morgan fingerprint density at radius 1 is 0.938 bits per heavy atom. The summed E-state index contributed by atoms with van der Waals surface area (Å²) in [5.41, 5.74) is 0. The minimum atomic E-state index is -1.36. The third-order valence-electron chi connectivity index (χ3n) is 5.55. The maximum Gasteiger partial charge on any atom is 0.509 e. The summed E-state index contributed by atoms with van der Waals surface area (Å²) in [7, 11) is 0. The van der Waals surface area contributed by atoms with Crippen molar-refractivity contribution in [2.45, 2.75) is 63.6 Å². The highest BCUT2D eigenvalue weighted by Gasteiger charge is 2.70. The highest BCUT2D eigenvalue weighted by atomic mass is 16.8. The van der Waals surface area contributed by atoms with Crippen LogP contribution in [0.25, 0.3) is 0 Å². The van der Waals surface area contributed by atoms with Gasteiger partial charge in [0.15, 0.2) is 30.6 Å². The van der Waals surface area contributed by atoms with Crippen LogP contribution in [-0.2, 0) is 47.6 Å². The van der Waals surface area contributed by atoms with Crippen LogP contribution in [0.1, 0.15) is 20.8 Å². The number of ether oxygens (including phenoxy) is 6. The second-order valence-corrected chi connectivity index (χ2v) is 7.65. The standard InChI is InChI=1S/C18H20N2O12/c1-5(21)27-4-8-11(28-6(2)22)14(29-7(3)23)16(30-8)20-10-9(15(24)19-17(20)25)12-13(10)32-18(26)31-12/h8-14,16H,4H2,1-3H3,(H,19,24,25)/t8-,9?,10?,11-,12?,13?,14-,16-/m1/s1. The minimum Gasteiger partial charge on any atom is -0.463 e. The lowest BCUT2D eigenvalue weighted by molar-refractivity contribution is -0.187. The number of urea groups is 1. The molecule has 1 N–H and O–H groups in total. The SMILES string of the molecule is CC(=O)OC[C@H]1O[C@@H](N2C(=O)NC(=O)C3C4OC(=O)OC4C32)[C@H](OC(C)=O)[C@@H]1OC(C)=O. The van der Waals surface area contributed by atoms with E-state index in [2.05, 4.69) is 5.32 Å².